The minimum absolute atomic E-state index is 0.370. The van der Waals surface area contributed by atoms with Crippen LogP contribution in [-0.2, 0) is 10.0 Å². The maximum atomic E-state index is 13.2. The van der Waals surface area contributed by atoms with E-state index >= 15 is 0 Å². The first-order chi connectivity index (χ1) is 15.8. The van der Waals surface area contributed by atoms with Gasteiger partial charge in [0.15, 0.2) is 0 Å². The Morgan fingerprint density at radius 3 is 2.00 bits per heavy atom. The van der Waals surface area contributed by atoms with Gasteiger partial charge in [-0.15, -0.1) is 0 Å². The SMILES string of the molecule is CN(c1ccc(-c2ccccc2)cc1NC(=O)c1cncc(-c2ccccc2)c1)S(C)(=O)=O. The number of amides is 1. The Balaban J connectivity index is 1.72. The Morgan fingerprint density at radius 1 is 0.788 bits per heavy atom. The number of hydrogen-bond donors (Lipinski definition) is 1. The fourth-order valence-corrected chi connectivity index (χ4v) is 3.96. The Morgan fingerprint density at radius 2 is 1.39 bits per heavy atom. The van der Waals surface area contributed by atoms with E-state index in [1.807, 2.05) is 66.7 Å². The second-order valence-corrected chi connectivity index (χ2v) is 9.62. The van der Waals surface area contributed by atoms with Crippen molar-refractivity contribution in [2.75, 3.05) is 22.9 Å². The lowest BCUT2D eigenvalue weighted by Crippen LogP contribution is -2.26. The van der Waals surface area contributed by atoms with Gasteiger partial charge in [0, 0.05) is 25.0 Å². The summed E-state index contributed by atoms with van der Waals surface area (Å²) >= 11 is 0. The van der Waals surface area contributed by atoms with Gasteiger partial charge in [-0.05, 0) is 34.9 Å². The molecule has 0 saturated heterocycles. The van der Waals surface area contributed by atoms with Gasteiger partial charge in [0.1, 0.15) is 0 Å². The Kier molecular flexibility index (Phi) is 6.24. The van der Waals surface area contributed by atoms with E-state index < -0.39 is 10.0 Å². The molecule has 33 heavy (non-hydrogen) atoms. The van der Waals surface area contributed by atoms with Crippen LogP contribution >= 0.6 is 0 Å². The molecule has 0 aliphatic rings. The summed E-state index contributed by atoms with van der Waals surface area (Å²) in [5.74, 6) is -0.381. The second kappa shape index (κ2) is 9.26. The molecule has 0 unspecified atom stereocenters. The highest BCUT2D eigenvalue weighted by atomic mass is 32.2. The van der Waals surface area contributed by atoms with Gasteiger partial charge in [0.05, 0.1) is 23.2 Å². The number of aromatic nitrogens is 1. The van der Waals surface area contributed by atoms with Gasteiger partial charge in [0.25, 0.3) is 5.91 Å². The van der Waals surface area contributed by atoms with Crippen LogP contribution in [0.4, 0.5) is 11.4 Å². The summed E-state index contributed by atoms with van der Waals surface area (Å²) in [6.45, 7) is 0. The van der Waals surface area contributed by atoms with E-state index in [1.54, 1.807) is 24.4 Å². The minimum atomic E-state index is -3.53. The summed E-state index contributed by atoms with van der Waals surface area (Å²) in [5, 5.41) is 2.88. The predicted molar refractivity (Wildman–Crippen MR) is 133 cm³/mol. The molecule has 4 aromatic rings. The van der Waals surface area contributed by atoms with Gasteiger partial charge in [-0.1, -0.05) is 66.7 Å². The molecular formula is C26H23N3O3S. The monoisotopic (exact) mass is 457 g/mol. The zero-order chi connectivity index (χ0) is 23.4. The molecule has 0 radical (unpaired) electrons. The molecule has 1 heterocycles. The number of benzene rings is 3. The Labute approximate surface area is 193 Å². The number of rotatable bonds is 6. The maximum Gasteiger partial charge on any atom is 0.257 e. The van der Waals surface area contributed by atoms with E-state index in [0.717, 1.165) is 32.8 Å². The molecule has 7 heteroatoms. The van der Waals surface area contributed by atoms with Crippen LogP contribution in [0.3, 0.4) is 0 Å². The molecule has 1 aromatic heterocycles. The van der Waals surface area contributed by atoms with Crippen molar-refractivity contribution < 1.29 is 13.2 Å². The number of nitrogens with zero attached hydrogens (tertiary/aromatic N) is 2. The van der Waals surface area contributed by atoms with E-state index in [2.05, 4.69) is 10.3 Å². The van der Waals surface area contributed by atoms with E-state index in [0.29, 0.717) is 16.9 Å². The average molecular weight is 458 g/mol. The Bertz CT molecular complexity index is 1390. The molecular weight excluding hydrogens is 434 g/mol. The lowest BCUT2D eigenvalue weighted by Gasteiger charge is -2.21. The first-order valence-corrected chi connectivity index (χ1v) is 12.1. The van der Waals surface area contributed by atoms with Crippen LogP contribution in [0.25, 0.3) is 22.3 Å². The van der Waals surface area contributed by atoms with Crippen LogP contribution in [0.15, 0.2) is 97.3 Å². The summed E-state index contributed by atoms with van der Waals surface area (Å²) in [4.78, 5) is 17.4. The molecule has 0 spiro atoms. The highest BCUT2D eigenvalue weighted by Crippen LogP contribution is 2.32. The molecule has 4 rings (SSSR count). The summed E-state index contributed by atoms with van der Waals surface area (Å²) < 4.78 is 25.5. The number of sulfonamides is 1. The van der Waals surface area contributed by atoms with Crippen molar-refractivity contribution in [3.63, 3.8) is 0 Å². The number of carbonyl (C=O) groups excluding carboxylic acids is 1. The quantitative estimate of drug-likeness (QED) is 0.439. The van der Waals surface area contributed by atoms with Crippen LogP contribution in [0.5, 0.6) is 0 Å². The first-order valence-electron chi connectivity index (χ1n) is 10.3. The summed E-state index contributed by atoms with van der Waals surface area (Å²) in [6, 6.07) is 26.4. The summed E-state index contributed by atoms with van der Waals surface area (Å²) in [6.07, 6.45) is 4.31. The van der Waals surface area contributed by atoms with Crippen LogP contribution in [0, 0.1) is 0 Å². The van der Waals surface area contributed by atoms with Crippen LogP contribution < -0.4 is 9.62 Å². The lowest BCUT2D eigenvalue weighted by atomic mass is 10.0. The van der Waals surface area contributed by atoms with E-state index in [4.69, 9.17) is 0 Å². The van der Waals surface area contributed by atoms with Crippen molar-refractivity contribution >= 4 is 27.3 Å². The highest BCUT2D eigenvalue weighted by molar-refractivity contribution is 7.92. The lowest BCUT2D eigenvalue weighted by molar-refractivity contribution is 0.102. The second-order valence-electron chi connectivity index (χ2n) is 7.61. The smallest absolute Gasteiger partial charge is 0.257 e. The van der Waals surface area contributed by atoms with Gasteiger partial charge >= 0.3 is 0 Å². The molecule has 6 nitrogen and oxygen atoms in total. The van der Waals surface area contributed by atoms with Gasteiger partial charge in [-0.3, -0.25) is 14.1 Å². The average Bonchev–Trinajstić information content (AvgIpc) is 2.84. The molecule has 0 aliphatic carbocycles. The zero-order valence-electron chi connectivity index (χ0n) is 18.3. The molecule has 0 atom stereocenters. The third-order valence-corrected chi connectivity index (χ3v) is 6.49. The third kappa shape index (κ3) is 5.10. The fourth-order valence-electron chi connectivity index (χ4n) is 3.45. The zero-order valence-corrected chi connectivity index (χ0v) is 19.1. The maximum absolute atomic E-state index is 13.2. The standard InChI is InChI=1S/C26H23N3O3S/c1-29(33(2,31)32)25-14-13-21(19-9-5-3-6-10-19)16-24(25)28-26(30)23-15-22(17-27-18-23)20-11-7-4-8-12-20/h3-18H,1-2H3,(H,28,30). The Hall–Kier alpha value is -3.97. The molecule has 0 saturated carbocycles. The fraction of sp³-hybridized carbons (Fsp3) is 0.0769. The van der Waals surface area contributed by atoms with Gasteiger partial charge in [-0.2, -0.15) is 0 Å². The van der Waals surface area contributed by atoms with Crippen LogP contribution in [0.1, 0.15) is 10.4 Å². The van der Waals surface area contributed by atoms with Crippen molar-refractivity contribution in [3.8, 4) is 22.3 Å². The minimum Gasteiger partial charge on any atom is -0.320 e. The molecule has 166 valence electrons. The van der Waals surface area contributed by atoms with E-state index in [1.165, 1.54) is 13.2 Å². The van der Waals surface area contributed by atoms with Crippen molar-refractivity contribution in [2.45, 2.75) is 0 Å². The normalized spacial score (nSPS) is 11.1. The number of nitrogens with one attached hydrogen (secondary N) is 1. The predicted octanol–water partition coefficient (Wildman–Crippen LogP) is 5.06. The van der Waals surface area contributed by atoms with E-state index in [9.17, 15) is 13.2 Å². The molecule has 0 bridgehead atoms. The number of pyridine rings is 1. The first kappa shape index (κ1) is 22.2. The van der Waals surface area contributed by atoms with Gasteiger partial charge in [-0.25, -0.2) is 8.42 Å². The molecule has 0 aliphatic heterocycles. The highest BCUT2D eigenvalue weighted by Gasteiger charge is 2.19. The number of anilines is 2. The third-order valence-electron chi connectivity index (χ3n) is 5.30. The largest absolute Gasteiger partial charge is 0.320 e. The van der Waals surface area contributed by atoms with Crippen molar-refractivity contribution in [3.05, 3.63) is 103 Å². The number of carbonyl (C=O) groups is 1. The van der Waals surface area contributed by atoms with E-state index in [-0.39, 0.29) is 5.91 Å². The van der Waals surface area contributed by atoms with Crippen molar-refractivity contribution in [1.82, 2.24) is 4.98 Å². The van der Waals surface area contributed by atoms with Crippen LogP contribution in [0.2, 0.25) is 0 Å². The summed E-state index contributed by atoms with van der Waals surface area (Å²) in [5.41, 5.74) is 4.70. The topological polar surface area (TPSA) is 79.4 Å². The molecule has 0 fully saturated rings. The molecule has 1 amide bonds. The molecule has 1 N–H and O–H groups in total. The number of hydrogen-bond acceptors (Lipinski definition) is 4. The van der Waals surface area contributed by atoms with Crippen molar-refractivity contribution in [1.29, 1.82) is 0 Å². The van der Waals surface area contributed by atoms with Gasteiger partial charge in [0.2, 0.25) is 10.0 Å². The van der Waals surface area contributed by atoms with Gasteiger partial charge < -0.3 is 5.32 Å². The summed E-state index contributed by atoms with van der Waals surface area (Å²) in [7, 11) is -2.07. The van der Waals surface area contributed by atoms with Crippen LogP contribution in [-0.4, -0.2) is 32.6 Å². The van der Waals surface area contributed by atoms with Crippen molar-refractivity contribution in [2.24, 2.45) is 0 Å². The molecule has 3 aromatic carbocycles.